The van der Waals surface area contributed by atoms with Gasteiger partial charge in [0.25, 0.3) is 5.91 Å². The summed E-state index contributed by atoms with van der Waals surface area (Å²) >= 11 is 1.66. The van der Waals surface area contributed by atoms with Crippen LogP contribution in [-0.2, 0) is 0 Å². The molecule has 0 aromatic carbocycles. The summed E-state index contributed by atoms with van der Waals surface area (Å²) in [5.74, 6) is 0.192. The number of hydrogen-bond acceptors (Lipinski definition) is 2. The number of rotatable bonds is 5. The van der Waals surface area contributed by atoms with Gasteiger partial charge in [0, 0.05) is 23.3 Å². The number of carbonyl (C=O) groups excluding carboxylic acids is 1. The summed E-state index contributed by atoms with van der Waals surface area (Å²) in [6.07, 6.45) is 2.22. The van der Waals surface area contributed by atoms with Crippen LogP contribution in [0, 0.1) is 13.8 Å². The van der Waals surface area contributed by atoms with Crippen molar-refractivity contribution < 1.29 is 4.79 Å². The molecule has 1 heterocycles. The van der Waals surface area contributed by atoms with Crippen LogP contribution in [-0.4, -0.2) is 23.9 Å². The first-order valence-electron chi connectivity index (χ1n) is 5.95. The van der Waals surface area contributed by atoms with Gasteiger partial charge in [0.05, 0.1) is 5.56 Å². The Labute approximate surface area is 102 Å². The highest BCUT2D eigenvalue weighted by Crippen LogP contribution is 2.22. The minimum atomic E-state index is 0.192. The van der Waals surface area contributed by atoms with Gasteiger partial charge in [-0.05, 0) is 32.8 Å². The lowest BCUT2D eigenvalue weighted by Crippen LogP contribution is -2.31. The minimum Gasteiger partial charge on any atom is -0.339 e. The lowest BCUT2D eigenvalue weighted by atomic mass is 10.1. The molecular weight excluding hydrogens is 218 g/mol. The monoisotopic (exact) mass is 239 g/mol. The van der Waals surface area contributed by atoms with Crippen molar-refractivity contribution in [3.8, 4) is 0 Å². The second-order valence-electron chi connectivity index (χ2n) is 4.07. The molecule has 2 nitrogen and oxygen atoms in total. The molecule has 0 bridgehead atoms. The molecule has 0 unspecified atom stereocenters. The van der Waals surface area contributed by atoms with Gasteiger partial charge in [-0.15, -0.1) is 11.3 Å². The standard InChI is InChI=1S/C13H21NOS/c1-5-7-8-14(6-2)13(15)12-9-16-11(4)10(12)3/h9H,5-8H2,1-4H3. The quantitative estimate of drug-likeness (QED) is 0.768. The van der Waals surface area contributed by atoms with Crippen molar-refractivity contribution in [1.82, 2.24) is 4.90 Å². The van der Waals surface area contributed by atoms with E-state index in [-0.39, 0.29) is 5.91 Å². The van der Waals surface area contributed by atoms with E-state index in [0.717, 1.165) is 37.1 Å². The summed E-state index contributed by atoms with van der Waals surface area (Å²) in [6.45, 7) is 9.97. The lowest BCUT2D eigenvalue weighted by Gasteiger charge is -2.20. The fraction of sp³-hybridized carbons (Fsp3) is 0.615. The van der Waals surface area contributed by atoms with Gasteiger partial charge in [-0.2, -0.15) is 0 Å². The van der Waals surface area contributed by atoms with Crippen LogP contribution in [0.15, 0.2) is 5.38 Å². The van der Waals surface area contributed by atoms with Crippen LogP contribution in [0.5, 0.6) is 0 Å². The van der Waals surface area contributed by atoms with Crippen molar-refractivity contribution in [2.75, 3.05) is 13.1 Å². The molecule has 0 fully saturated rings. The number of aryl methyl sites for hydroxylation is 1. The van der Waals surface area contributed by atoms with Crippen molar-refractivity contribution in [3.05, 3.63) is 21.4 Å². The van der Waals surface area contributed by atoms with E-state index >= 15 is 0 Å². The Hall–Kier alpha value is -0.830. The molecule has 90 valence electrons. The highest BCUT2D eigenvalue weighted by atomic mass is 32.1. The highest BCUT2D eigenvalue weighted by Gasteiger charge is 2.17. The molecule has 1 aromatic rings. The van der Waals surface area contributed by atoms with E-state index in [1.165, 1.54) is 4.88 Å². The zero-order chi connectivity index (χ0) is 12.1. The van der Waals surface area contributed by atoms with Crippen LogP contribution in [0.4, 0.5) is 0 Å². The molecule has 1 amide bonds. The second-order valence-corrected chi connectivity index (χ2v) is 5.15. The van der Waals surface area contributed by atoms with Gasteiger partial charge in [-0.1, -0.05) is 13.3 Å². The zero-order valence-corrected chi connectivity index (χ0v) is 11.5. The molecule has 0 aliphatic rings. The molecule has 16 heavy (non-hydrogen) atoms. The largest absolute Gasteiger partial charge is 0.339 e. The maximum absolute atomic E-state index is 12.2. The fourth-order valence-electron chi connectivity index (χ4n) is 1.65. The van der Waals surface area contributed by atoms with Crippen LogP contribution in [0.25, 0.3) is 0 Å². The van der Waals surface area contributed by atoms with Gasteiger partial charge in [-0.3, -0.25) is 4.79 Å². The van der Waals surface area contributed by atoms with E-state index in [0.29, 0.717) is 0 Å². The van der Waals surface area contributed by atoms with E-state index in [2.05, 4.69) is 13.8 Å². The topological polar surface area (TPSA) is 20.3 Å². The number of carbonyl (C=O) groups is 1. The summed E-state index contributed by atoms with van der Waals surface area (Å²) in [5.41, 5.74) is 2.03. The highest BCUT2D eigenvalue weighted by molar-refractivity contribution is 7.10. The Bertz CT molecular complexity index is 357. The van der Waals surface area contributed by atoms with E-state index in [1.54, 1.807) is 11.3 Å². The third-order valence-corrected chi connectivity index (χ3v) is 3.98. The number of unbranched alkanes of at least 4 members (excludes halogenated alkanes) is 1. The molecule has 1 aromatic heterocycles. The Kier molecular flexibility index (Phi) is 5.00. The SMILES string of the molecule is CCCCN(CC)C(=O)c1csc(C)c1C. The van der Waals surface area contributed by atoms with Gasteiger partial charge in [0.2, 0.25) is 0 Å². The molecule has 0 saturated heterocycles. The third kappa shape index (κ3) is 2.85. The first-order chi connectivity index (χ1) is 7.61. The van der Waals surface area contributed by atoms with Gasteiger partial charge in [-0.25, -0.2) is 0 Å². The fourth-order valence-corrected chi connectivity index (χ4v) is 2.51. The van der Waals surface area contributed by atoms with Crippen molar-refractivity contribution in [1.29, 1.82) is 0 Å². The lowest BCUT2D eigenvalue weighted by molar-refractivity contribution is 0.0762. The maximum atomic E-state index is 12.2. The Morgan fingerprint density at radius 3 is 2.50 bits per heavy atom. The molecule has 0 atom stereocenters. The van der Waals surface area contributed by atoms with Gasteiger partial charge in [0.15, 0.2) is 0 Å². The average Bonchev–Trinajstić information content (AvgIpc) is 2.60. The van der Waals surface area contributed by atoms with Crippen LogP contribution in [0.3, 0.4) is 0 Å². The molecule has 3 heteroatoms. The summed E-state index contributed by atoms with van der Waals surface area (Å²) in [5, 5.41) is 1.99. The zero-order valence-electron chi connectivity index (χ0n) is 10.7. The predicted octanol–water partition coefficient (Wildman–Crippen LogP) is 3.63. The van der Waals surface area contributed by atoms with Crippen molar-refractivity contribution in [2.24, 2.45) is 0 Å². The van der Waals surface area contributed by atoms with Crippen LogP contribution >= 0.6 is 11.3 Å². The Morgan fingerprint density at radius 1 is 1.38 bits per heavy atom. The van der Waals surface area contributed by atoms with E-state index < -0.39 is 0 Å². The number of nitrogens with zero attached hydrogens (tertiary/aromatic N) is 1. The normalized spacial score (nSPS) is 10.5. The van der Waals surface area contributed by atoms with Gasteiger partial charge >= 0.3 is 0 Å². The molecule has 0 saturated carbocycles. The molecular formula is C13H21NOS. The third-order valence-electron chi connectivity index (χ3n) is 2.97. The van der Waals surface area contributed by atoms with Crippen LogP contribution in [0.1, 0.15) is 47.5 Å². The summed E-state index contributed by atoms with van der Waals surface area (Å²) < 4.78 is 0. The first-order valence-corrected chi connectivity index (χ1v) is 6.83. The summed E-state index contributed by atoms with van der Waals surface area (Å²) in [4.78, 5) is 15.4. The van der Waals surface area contributed by atoms with Crippen LogP contribution < -0.4 is 0 Å². The number of amides is 1. The van der Waals surface area contributed by atoms with Crippen LogP contribution in [0.2, 0.25) is 0 Å². The van der Waals surface area contributed by atoms with Gasteiger partial charge in [0.1, 0.15) is 0 Å². The number of hydrogen-bond donors (Lipinski definition) is 0. The molecule has 0 spiro atoms. The van der Waals surface area contributed by atoms with Crippen molar-refractivity contribution >= 4 is 17.2 Å². The minimum absolute atomic E-state index is 0.192. The summed E-state index contributed by atoms with van der Waals surface area (Å²) in [6, 6.07) is 0. The molecule has 0 aliphatic heterocycles. The molecule has 0 aliphatic carbocycles. The van der Waals surface area contributed by atoms with Crippen molar-refractivity contribution in [3.63, 3.8) is 0 Å². The molecule has 0 N–H and O–H groups in total. The average molecular weight is 239 g/mol. The van der Waals surface area contributed by atoms with Gasteiger partial charge < -0.3 is 4.90 Å². The smallest absolute Gasteiger partial charge is 0.254 e. The number of thiophene rings is 1. The molecule has 0 radical (unpaired) electrons. The van der Waals surface area contributed by atoms with E-state index in [1.807, 2.05) is 24.1 Å². The first kappa shape index (κ1) is 13.2. The Morgan fingerprint density at radius 2 is 2.06 bits per heavy atom. The second kappa shape index (κ2) is 6.04. The summed E-state index contributed by atoms with van der Waals surface area (Å²) in [7, 11) is 0. The van der Waals surface area contributed by atoms with E-state index in [9.17, 15) is 4.79 Å². The predicted molar refractivity (Wildman–Crippen MR) is 70.3 cm³/mol. The van der Waals surface area contributed by atoms with E-state index in [4.69, 9.17) is 0 Å². The Balaban J connectivity index is 2.79. The maximum Gasteiger partial charge on any atom is 0.254 e. The molecule has 1 rings (SSSR count). The van der Waals surface area contributed by atoms with Crippen molar-refractivity contribution in [2.45, 2.75) is 40.5 Å².